The second-order valence-electron chi connectivity index (χ2n) is 2.17. The molecule has 1 aliphatic heterocycles. The molecule has 2 atom stereocenters. The van der Waals surface area contributed by atoms with Gasteiger partial charge < -0.3 is 5.32 Å². The Hall–Kier alpha value is -0.460. The molecule has 0 aliphatic carbocycles. The van der Waals surface area contributed by atoms with Gasteiger partial charge in [-0.25, -0.2) is 0 Å². The second-order valence-corrected chi connectivity index (χ2v) is 2.17. The topological polar surface area (TPSA) is 12.0 Å². The van der Waals surface area contributed by atoms with E-state index in [0.29, 0.717) is 6.04 Å². The van der Waals surface area contributed by atoms with Crippen molar-refractivity contribution in [3.8, 4) is 0 Å². The molecule has 1 aliphatic rings. The average Bonchev–Trinajstić information content (AvgIpc) is 1.91. The quantitative estimate of drug-likeness (QED) is 0.477. The molecule has 0 bridgehead atoms. The van der Waals surface area contributed by atoms with Crippen molar-refractivity contribution in [2.24, 2.45) is 5.92 Å². The van der Waals surface area contributed by atoms with E-state index in [2.05, 4.69) is 25.2 Å². The summed E-state index contributed by atoms with van der Waals surface area (Å²) in [5, 5.41) is 3.19. The Morgan fingerprint density at radius 3 is 2.29 bits per heavy atom. The lowest BCUT2D eigenvalue weighted by molar-refractivity contribution is 0.556. The summed E-state index contributed by atoms with van der Waals surface area (Å²) in [5.41, 5.74) is 0. The van der Waals surface area contributed by atoms with Gasteiger partial charge in [0.2, 0.25) is 0 Å². The van der Waals surface area contributed by atoms with Crippen molar-refractivity contribution in [3.63, 3.8) is 0 Å². The summed E-state index contributed by atoms with van der Waals surface area (Å²) < 4.78 is 0. The van der Waals surface area contributed by atoms with Crippen LogP contribution in [-0.2, 0) is 0 Å². The van der Waals surface area contributed by atoms with Gasteiger partial charge >= 0.3 is 0 Å². The fourth-order valence-electron chi connectivity index (χ4n) is 0.678. The molecule has 0 radical (unpaired) electrons. The van der Waals surface area contributed by atoms with Crippen LogP contribution in [-0.4, -0.2) is 6.04 Å². The minimum atomic E-state index is 0.653. The minimum absolute atomic E-state index is 0.653. The zero-order valence-corrected chi connectivity index (χ0v) is 4.81. The van der Waals surface area contributed by atoms with E-state index in [0.717, 1.165) is 5.92 Å². The fraction of sp³-hybridized carbons (Fsp3) is 0.667. The van der Waals surface area contributed by atoms with Crippen molar-refractivity contribution >= 4 is 0 Å². The Kier molecular flexibility index (Phi) is 1.05. The Bertz CT molecular complexity index is 86.2. The Labute approximate surface area is 44.4 Å². The van der Waals surface area contributed by atoms with Gasteiger partial charge in [0.15, 0.2) is 0 Å². The van der Waals surface area contributed by atoms with Gasteiger partial charge in [-0.15, -0.1) is 0 Å². The number of rotatable bonds is 0. The summed E-state index contributed by atoms with van der Waals surface area (Å²) in [4.78, 5) is 0. The van der Waals surface area contributed by atoms with E-state index in [4.69, 9.17) is 0 Å². The summed E-state index contributed by atoms with van der Waals surface area (Å²) >= 11 is 0. The lowest BCUT2D eigenvalue weighted by Gasteiger charge is -2.06. The van der Waals surface area contributed by atoms with Crippen LogP contribution in [0.25, 0.3) is 0 Å². The molecule has 1 heteroatoms. The molecule has 0 spiro atoms. The van der Waals surface area contributed by atoms with Crippen LogP contribution in [0, 0.1) is 5.92 Å². The lowest BCUT2D eigenvalue weighted by Crippen LogP contribution is -2.19. The Morgan fingerprint density at radius 1 is 1.43 bits per heavy atom. The number of nitrogens with one attached hydrogen (secondary N) is 1. The maximum absolute atomic E-state index is 3.19. The van der Waals surface area contributed by atoms with Crippen LogP contribution in [0.3, 0.4) is 0 Å². The van der Waals surface area contributed by atoms with Gasteiger partial charge in [0.1, 0.15) is 0 Å². The van der Waals surface area contributed by atoms with Gasteiger partial charge in [-0.2, -0.15) is 0 Å². The number of hydrogen-bond acceptors (Lipinski definition) is 1. The van der Waals surface area contributed by atoms with Crippen molar-refractivity contribution in [1.29, 1.82) is 0 Å². The number of hydrogen-bond donors (Lipinski definition) is 1. The SMILES string of the molecule is CC1C=CN[C@@H]1C. The fourth-order valence-corrected chi connectivity index (χ4v) is 0.678. The summed E-state index contributed by atoms with van der Waals surface area (Å²) in [7, 11) is 0. The van der Waals surface area contributed by atoms with E-state index in [9.17, 15) is 0 Å². The first-order valence-corrected chi connectivity index (χ1v) is 2.73. The lowest BCUT2D eigenvalue weighted by atomic mass is 10.1. The van der Waals surface area contributed by atoms with Gasteiger partial charge in [0.05, 0.1) is 0 Å². The predicted molar refractivity (Wildman–Crippen MR) is 30.9 cm³/mol. The summed E-state index contributed by atoms with van der Waals surface area (Å²) in [6, 6.07) is 0.653. The van der Waals surface area contributed by atoms with Gasteiger partial charge in [-0.3, -0.25) is 0 Å². The van der Waals surface area contributed by atoms with Crippen molar-refractivity contribution in [3.05, 3.63) is 12.3 Å². The third kappa shape index (κ3) is 0.763. The summed E-state index contributed by atoms with van der Waals surface area (Å²) in [5.74, 6) is 0.722. The third-order valence-corrected chi connectivity index (χ3v) is 1.55. The van der Waals surface area contributed by atoms with E-state index < -0.39 is 0 Å². The van der Waals surface area contributed by atoms with Crippen molar-refractivity contribution in [2.75, 3.05) is 0 Å². The van der Waals surface area contributed by atoms with Crippen LogP contribution >= 0.6 is 0 Å². The molecule has 7 heavy (non-hydrogen) atoms. The van der Waals surface area contributed by atoms with E-state index in [1.165, 1.54) is 0 Å². The molecule has 1 N–H and O–H groups in total. The third-order valence-electron chi connectivity index (χ3n) is 1.55. The van der Waals surface area contributed by atoms with Crippen LogP contribution in [0.5, 0.6) is 0 Å². The van der Waals surface area contributed by atoms with Crippen LogP contribution in [0.15, 0.2) is 12.3 Å². The summed E-state index contributed by atoms with van der Waals surface area (Å²) in [6.07, 6.45) is 4.21. The minimum Gasteiger partial charge on any atom is -0.388 e. The second kappa shape index (κ2) is 1.57. The first kappa shape index (κ1) is 4.69. The van der Waals surface area contributed by atoms with Gasteiger partial charge in [-0.05, 0) is 19.0 Å². The van der Waals surface area contributed by atoms with Crippen LogP contribution < -0.4 is 5.32 Å². The molecule has 0 aromatic rings. The standard InChI is InChI=1S/C6H11N/c1-5-3-4-7-6(5)2/h3-7H,1-2H3/t5?,6-/m1/s1. The normalized spacial score (nSPS) is 38.6. The molecule has 0 amide bonds. The molecule has 1 unspecified atom stereocenters. The molecular formula is C6H11N. The predicted octanol–water partition coefficient (Wildman–Crippen LogP) is 1.13. The van der Waals surface area contributed by atoms with Crippen LogP contribution in [0.4, 0.5) is 0 Å². The van der Waals surface area contributed by atoms with Gasteiger partial charge in [0, 0.05) is 6.04 Å². The van der Waals surface area contributed by atoms with E-state index >= 15 is 0 Å². The van der Waals surface area contributed by atoms with Gasteiger partial charge in [-0.1, -0.05) is 13.0 Å². The molecule has 1 nitrogen and oxygen atoms in total. The molecule has 0 saturated carbocycles. The van der Waals surface area contributed by atoms with E-state index in [1.54, 1.807) is 0 Å². The van der Waals surface area contributed by atoms with Crippen molar-refractivity contribution in [2.45, 2.75) is 19.9 Å². The highest BCUT2D eigenvalue weighted by Crippen LogP contribution is 2.08. The first-order chi connectivity index (χ1) is 3.30. The van der Waals surface area contributed by atoms with Crippen molar-refractivity contribution in [1.82, 2.24) is 5.32 Å². The summed E-state index contributed by atoms with van der Waals surface area (Å²) in [6.45, 7) is 4.39. The maximum Gasteiger partial charge on any atom is 0.0288 e. The highest BCUT2D eigenvalue weighted by molar-refractivity contribution is 4.98. The molecular weight excluding hydrogens is 86.1 g/mol. The van der Waals surface area contributed by atoms with Crippen molar-refractivity contribution < 1.29 is 0 Å². The Balaban J connectivity index is 2.45. The van der Waals surface area contributed by atoms with Crippen LogP contribution in [0.2, 0.25) is 0 Å². The largest absolute Gasteiger partial charge is 0.388 e. The van der Waals surface area contributed by atoms with E-state index in [-0.39, 0.29) is 0 Å². The highest BCUT2D eigenvalue weighted by atomic mass is 14.9. The average molecular weight is 97.2 g/mol. The zero-order chi connectivity index (χ0) is 5.28. The molecule has 1 heterocycles. The maximum atomic E-state index is 3.19. The molecule has 0 aromatic heterocycles. The molecule has 0 saturated heterocycles. The molecule has 1 rings (SSSR count). The van der Waals surface area contributed by atoms with Crippen LogP contribution in [0.1, 0.15) is 13.8 Å². The highest BCUT2D eigenvalue weighted by Gasteiger charge is 2.10. The van der Waals surface area contributed by atoms with E-state index in [1.807, 2.05) is 6.20 Å². The smallest absolute Gasteiger partial charge is 0.0288 e. The first-order valence-electron chi connectivity index (χ1n) is 2.73. The Morgan fingerprint density at radius 2 is 2.14 bits per heavy atom. The monoisotopic (exact) mass is 97.1 g/mol. The molecule has 40 valence electrons. The molecule has 0 fully saturated rings. The molecule has 0 aromatic carbocycles. The zero-order valence-electron chi connectivity index (χ0n) is 4.81. The van der Waals surface area contributed by atoms with Gasteiger partial charge in [0.25, 0.3) is 0 Å².